The summed E-state index contributed by atoms with van der Waals surface area (Å²) in [5, 5.41) is 0. The fourth-order valence-corrected chi connectivity index (χ4v) is 7.69. The van der Waals surface area contributed by atoms with Crippen LogP contribution in [0.2, 0.25) is 0 Å². The first-order chi connectivity index (χ1) is 13.8. The number of ether oxygens (including phenoxy) is 2. The van der Waals surface area contributed by atoms with Crippen molar-refractivity contribution >= 4 is 0 Å². The predicted octanol–water partition coefficient (Wildman–Crippen LogP) is 5.45. The molecule has 3 heterocycles. The molecule has 0 aromatic carbocycles. The number of rotatable bonds is 2. The second-order valence-electron chi connectivity index (χ2n) is 11.6. The largest absolute Gasteiger partial charge is 0.473 e. The smallest absolute Gasteiger partial charge is 0.254 e. The third-order valence-electron chi connectivity index (χ3n) is 8.93. The van der Waals surface area contributed by atoms with Gasteiger partial charge in [-0.3, -0.25) is 9.80 Å². The quantitative estimate of drug-likeness (QED) is 0.615. The van der Waals surface area contributed by atoms with Gasteiger partial charge in [-0.2, -0.15) is 0 Å². The average Bonchev–Trinajstić information content (AvgIpc) is 3.28. The molecular weight excluding hydrogens is 360 g/mol. The lowest BCUT2D eigenvalue weighted by Gasteiger charge is -2.51. The van der Waals surface area contributed by atoms with Crippen molar-refractivity contribution in [3.8, 4) is 0 Å². The molecule has 2 unspecified atom stereocenters. The van der Waals surface area contributed by atoms with Crippen LogP contribution in [-0.4, -0.2) is 34.1 Å². The molecule has 0 amide bonds. The number of hydrogen-bond donors (Lipinski definition) is 0. The SMILES string of the molecule is CC1CC[C@H](C(C)C)[C@]2(COC3=C4OC[C@@]5(C[C@H](C)CCC5C(C)C)N4[C]N32)C1. The van der Waals surface area contributed by atoms with Gasteiger partial charge in [0.05, 0.1) is 11.1 Å². The fourth-order valence-electron chi connectivity index (χ4n) is 7.69. The molecule has 2 saturated carbocycles. The molecule has 0 bridgehead atoms. The maximum Gasteiger partial charge on any atom is 0.254 e. The Morgan fingerprint density at radius 2 is 1.17 bits per heavy atom. The minimum atomic E-state index is 0.0522. The minimum absolute atomic E-state index is 0.0522. The summed E-state index contributed by atoms with van der Waals surface area (Å²) in [6, 6.07) is 0. The average molecular weight is 401 g/mol. The molecule has 2 aliphatic carbocycles. The predicted molar refractivity (Wildman–Crippen MR) is 114 cm³/mol. The number of fused-ring (bicyclic) bond motifs is 4. The number of hydrogen-bond acceptors (Lipinski definition) is 4. The summed E-state index contributed by atoms with van der Waals surface area (Å²) in [6.45, 7) is 19.9. The van der Waals surface area contributed by atoms with Gasteiger partial charge >= 0.3 is 0 Å². The van der Waals surface area contributed by atoms with Crippen LogP contribution in [0.5, 0.6) is 0 Å². The molecule has 4 nitrogen and oxygen atoms in total. The van der Waals surface area contributed by atoms with E-state index >= 15 is 0 Å². The molecule has 162 valence electrons. The molecule has 4 heteroatoms. The van der Waals surface area contributed by atoms with Crippen molar-refractivity contribution in [2.24, 2.45) is 35.5 Å². The summed E-state index contributed by atoms with van der Waals surface area (Å²) in [4.78, 5) is 4.83. The molecule has 2 radical (unpaired) electrons. The Kier molecular flexibility index (Phi) is 4.61. The highest BCUT2D eigenvalue weighted by Crippen LogP contribution is 2.58. The van der Waals surface area contributed by atoms with Gasteiger partial charge in [0.15, 0.2) is 0 Å². The van der Waals surface area contributed by atoms with Crippen molar-refractivity contribution in [1.82, 2.24) is 9.80 Å². The van der Waals surface area contributed by atoms with Crippen molar-refractivity contribution in [3.63, 3.8) is 0 Å². The van der Waals surface area contributed by atoms with E-state index in [1.54, 1.807) is 0 Å². The zero-order chi connectivity index (χ0) is 20.6. The summed E-state index contributed by atoms with van der Waals surface area (Å²) in [5.74, 6) is 6.00. The van der Waals surface area contributed by atoms with Crippen LogP contribution in [0.1, 0.15) is 80.1 Å². The maximum absolute atomic E-state index is 6.45. The Morgan fingerprint density at radius 3 is 1.55 bits per heavy atom. The van der Waals surface area contributed by atoms with Gasteiger partial charge in [-0.25, -0.2) is 0 Å². The molecule has 0 N–H and O–H groups in total. The highest BCUT2D eigenvalue weighted by atomic mass is 16.6. The normalized spacial score (nSPS) is 44.1. The second-order valence-corrected chi connectivity index (χ2v) is 11.6. The molecule has 6 atom stereocenters. The third kappa shape index (κ3) is 2.69. The number of nitrogens with zero attached hydrogens (tertiary/aromatic N) is 2. The molecule has 0 aromatic rings. The lowest BCUT2D eigenvalue weighted by atomic mass is 9.64. The monoisotopic (exact) mass is 400 g/mol. The van der Waals surface area contributed by atoms with E-state index in [-0.39, 0.29) is 11.1 Å². The van der Waals surface area contributed by atoms with Crippen LogP contribution in [0.15, 0.2) is 11.8 Å². The van der Waals surface area contributed by atoms with Crippen LogP contribution in [0, 0.1) is 42.2 Å². The van der Waals surface area contributed by atoms with Crippen LogP contribution >= 0.6 is 0 Å². The van der Waals surface area contributed by atoms with Gasteiger partial charge in [-0.05, 0) is 61.2 Å². The van der Waals surface area contributed by atoms with Crippen molar-refractivity contribution in [1.29, 1.82) is 0 Å². The molecule has 5 aliphatic rings. The Morgan fingerprint density at radius 1 is 0.759 bits per heavy atom. The van der Waals surface area contributed by atoms with E-state index in [1.807, 2.05) is 0 Å². The Hall–Kier alpha value is -1.06. The van der Waals surface area contributed by atoms with Crippen LogP contribution in [0.4, 0.5) is 0 Å². The van der Waals surface area contributed by atoms with Gasteiger partial charge in [0.25, 0.3) is 11.8 Å². The highest BCUT2D eigenvalue weighted by Gasteiger charge is 2.64. The summed E-state index contributed by atoms with van der Waals surface area (Å²) in [7, 11) is 0. The summed E-state index contributed by atoms with van der Waals surface area (Å²) >= 11 is 0. The third-order valence-corrected chi connectivity index (χ3v) is 8.93. The van der Waals surface area contributed by atoms with E-state index in [1.165, 1.54) is 38.5 Å². The second kappa shape index (κ2) is 6.72. The van der Waals surface area contributed by atoms with Crippen LogP contribution < -0.4 is 0 Å². The molecule has 4 fully saturated rings. The van der Waals surface area contributed by atoms with Gasteiger partial charge in [-0.15, -0.1) is 0 Å². The van der Waals surface area contributed by atoms with E-state index in [0.29, 0.717) is 23.7 Å². The van der Waals surface area contributed by atoms with E-state index in [2.05, 4.69) is 58.0 Å². The first-order valence-corrected chi connectivity index (χ1v) is 12.1. The zero-order valence-electron chi connectivity index (χ0n) is 19.3. The van der Waals surface area contributed by atoms with Gasteiger partial charge in [0, 0.05) is 0 Å². The standard InChI is InChI=1S/C25H40N2O2/c1-16(2)20-9-7-18(5)11-24(20)13-28-22-23-27(15-26(22)24)25(14-29-23)12-19(6)8-10-21(25)17(3)4/h16-21H,7-14H2,1-6H3/t18-,19?,20?,21-,24-,25-/m1/s1. The first-order valence-electron chi connectivity index (χ1n) is 12.1. The van der Waals surface area contributed by atoms with Gasteiger partial charge in [0.1, 0.15) is 13.2 Å². The Labute approximate surface area is 178 Å². The topological polar surface area (TPSA) is 24.9 Å². The molecular formula is C25H40N2O2. The van der Waals surface area contributed by atoms with Gasteiger partial charge in [0.2, 0.25) is 6.67 Å². The maximum atomic E-state index is 6.45. The summed E-state index contributed by atoms with van der Waals surface area (Å²) < 4.78 is 12.9. The van der Waals surface area contributed by atoms with Crippen molar-refractivity contribution in [2.75, 3.05) is 13.2 Å². The van der Waals surface area contributed by atoms with E-state index < -0.39 is 0 Å². The van der Waals surface area contributed by atoms with E-state index in [4.69, 9.17) is 9.47 Å². The van der Waals surface area contributed by atoms with Crippen LogP contribution in [0.25, 0.3) is 0 Å². The van der Waals surface area contributed by atoms with Crippen LogP contribution in [0.3, 0.4) is 0 Å². The first kappa shape index (κ1) is 19.9. The van der Waals surface area contributed by atoms with Gasteiger partial charge in [-0.1, -0.05) is 54.4 Å². The zero-order valence-corrected chi connectivity index (χ0v) is 19.3. The molecule has 3 aliphatic heterocycles. The summed E-state index contributed by atoms with van der Waals surface area (Å²) in [6.07, 6.45) is 7.65. The molecule has 29 heavy (non-hydrogen) atoms. The lowest BCUT2D eigenvalue weighted by molar-refractivity contribution is -0.0180. The Bertz CT molecular complexity index is 632. The Balaban J connectivity index is 1.51. The minimum Gasteiger partial charge on any atom is -0.473 e. The summed E-state index contributed by atoms with van der Waals surface area (Å²) in [5.41, 5.74) is 0.104. The van der Waals surface area contributed by atoms with Crippen molar-refractivity contribution in [2.45, 2.75) is 91.1 Å². The van der Waals surface area contributed by atoms with Crippen molar-refractivity contribution in [3.05, 3.63) is 18.4 Å². The molecule has 5 rings (SSSR count). The van der Waals surface area contributed by atoms with E-state index in [9.17, 15) is 0 Å². The molecule has 0 aromatic heterocycles. The highest BCUT2D eigenvalue weighted by molar-refractivity contribution is 5.28. The van der Waals surface area contributed by atoms with Crippen molar-refractivity contribution < 1.29 is 9.47 Å². The van der Waals surface area contributed by atoms with Gasteiger partial charge < -0.3 is 9.47 Å². The molecule has 2 saturated heterocycles. The molecule has 2 spiro atoms. The fraction of sp³-hybridized carbons (Fsp3) is 0.880. The lowest BCUT2D eigenvalue weighted by Crippen LogP contribution is -2.59. The van der Waals surface area contributed by atoms with Crippen LogP contribution in [-0.2, 0) is 9.47 Å². The van der Waals surface area contributed by atoms with E-state index in [0.717, 1.165) is 36.8 Å².